The topological polar surface area (TPSA) is 43.6 Å². The monoisotopic (exact) mass is 840 g/mol. The highest BCUT2D eigenvalue weighted by atomic mass is 15.0. The molecule has 66 heavy (non-hydrogen) atoms. The maximum atomic E-state index is 5.56. The minimum Gasteiger partial charge on any atom is -0.308 e. The van der Waals surface area contributed by atoms with E-state index in [4.69, 9.17) is 15.0 Å². The zero-order chi connectivity index (χ0) is 43.6. The molecule has 0 saturated carbocycles. The average Bonchev–Trinajstić information content (AvgIpc) is 3.88. The third-order valence-corrected chi connectivity index (χ3v) is 13.5. The summed E-state index contributed by atoms with van der Waals surface area (Å²) in [6.45, 7) is 0. The van der Waals surface area contributed by atoms with Crippen LogP contribution in [0.1, 0.15) is 22.3 Å². The second-order valence-corrected chi connectivity index (χ2v) is 17.1. The molecule has 0 radical (unpaired) electrons. The van der Waals surface area contributed by atoms with E-state index in [1.807, 2.05) is 18.2 Å². The van der Waals surface area contributed by atoms with Crippen molar-refractivity contribution in [1.82, 2.24) is 19.5 Å². The normalized spacial score (nSPS) is 12.7. The van der Waals surface area contributed by atoms with Crippen LogP contribution in [0.15, 0.2) is 243 Å². The number of hydrogen-bond acceptors (Lipinski definition) is 3. The Morgan fingerprint density at radius 1 is 0.333 bits per heavy atom. The summed E-state index contributed by atoms with van der Waals surface area (Å²) in [7, 11) is 0. The van der Waals surface area contributed by atoms with Crippen LogP contribution in [0.4, 0.5) is 0 Å². The third kappa shape index (κ3) is 5.82. The van der Waals surface area contributed by atoms with Gasteiger partial charge in [-0.1, -0.05) is 206 Å². The van der Waals surface area contributed by atoms with Crippen LogP contribution < -0.4 is 0 Å². The Morgan fingerprint density at radius 3 is 1.58 bits per heavy atom. The average molecular weight is 841 g/mol. The summed E-state index contributed by atoms with van der Waals surface area (Å²) in [5.41, 5.74) is 15.1. The second-order valence-electron chi connectivity index (χ2n) is 17.1. The molecule has 0 bridgehead atoms. The summed E-state index contributed by atoms with van der Waals surface area (Å²) in [6, 6.07) is 87.0. The standard InChI is InChI=1S/C62H40N4/c1-6-20-41(21-7-1)43-34-36-50-52-39-45(35-37-54(52)62(55(50)40-43,46-25-10-3-11-26-46)47-27-12-4-13-28-47)60-63-59(42-22-8-2-9-23-42)64-61(65-60)57-49-31-17-16-24-44(49)38-53-51-32-18-19-33-56(51)66(58(53)57)48-29-14-5-15-30-48/h1-40H. The highest BCUT2D eigenvalue weighted by Crippen LogP contribution is 2.57. The molecule has 0 aliphatic heterocycles. The molecule has 0 atom stereocenters. The zero-order valence-corrected chi connectivity index (χ0v) is 35.9. The molecule has 10 aromatic carbocycles. The van der Waals surface area contributed by atoms with E-state index in [0.29, 0.717) is 17.5 Å². The molecule has 2 heterocycles. The van der Waals surface area contributed by atoms with E-state index < -0.39 is 5.41 Å². The van der Waals surface area contributed by atoms with E-state index in [2.05, 4.69) is 229 Å². The second kappa shape index (κ2) is 15.2. The van der Waals surface area contributed by atoms with Gasteiger partial charge in [0.1, 0.15) is 0 Å². The van der Waals surface area contributed by atoms with Gasteiger partial charge in [-0.2, -0.15) is 0 Å². The molecule has 1 aliphatic carbocycles. The number of hydrogen-bond donors (Lipinski definition) is 0. The third-order valence-electron chi connectivity index (χ3n) is 13.5. The number of rotatable bonds is 7. The number of fused-ring (bicyclic) bond motifs is 7. The molecule has 4 nitrogen and oxygen atoms in total. The number of nitrogens with zero attached hydrogens (tertiary/aromatic N) is 4. The molecule has 0 unspecified atom stereocenters. The predicted molar refractivity (Wildman–Crippen MR) is 271 cm³/mol. The van der Waals surface area contributed by atoms with Gasteiger partial charge in [-0.25, -0.2) is 15.0 Å². The molecule has 0 spiro atoms. The van der Waals surface area contributed by atoms with Crippen LogP contribution in [0, 0.1) is 0 Å². The molecular weight excluding hydrogens is 801 g/mol. The molecular formula is C62H40N4. The lowest BCUT2D eigenvalue weighted by atomic mass is 9.67. The van der Waals surface area contributed by atoms with Crippen LogP contribution in [0.2, 0.25) is 0 Å². The van der Waals surface area contributed by atoms with Crippen molar-refractivity contribution in [3.8, 4) is 62.1 Å². The fourth-order valence-corrected chi connectivity index (χ4v) is 10.6. The first-order valence-corrected chi connectivity index (χ1v) is 22.5. The maximum absolute atomic E-state index is 5.56. The van der Waals surface area contributed by atoms with E-state index in [9.17, 15) is 0 Å². The molecule has 2 aromatic heterocycles. The van der Waals surface area contributed by atoms with E-state index in [0.717, 1.165) is 55.1 Å². The minimum atomic E-state index is -0.574. The molecule has 13 rings (SSSR count). The summed E-state index contributed by atoms with van der Waals surface area (Å²) in [5, 5.41) is 4.53. The summed E-state index contributed by atoms with van der Waals surface area (Å²) < 4.78 is 2.38. The van der Waals surface area contributed by atoms with Gasteiger partial charge in [0.05, 0.1) is 22.0 Å². The van der Waals surface area contributed by atoms with E-state index in [1.54, 1.807) is 0 Å². The summed E-state index contributed by atoms with van der Waals surface area (Å²) in [6.07, 6.45) is 0. The van der Waals surface area contributed by atoms with Crippen molar-refractivity contribution in [1.29, 1.82) is 0 Å². The Hall–Kier alpha value is -8.73. The quantitative estimate of drug-likeness (QED) is 0.161. The van der Waals surface area contributed by atoms with Crippen LogP contribution in [-0.2, 0) is 5.41 Å². The smallest absolute Gasteiger partial charge is 0.166 e. The van der Waals surface area contributed by atoms with Gasteiger partial charge in [0.25, 0.3) is 0 Å². The lowest BCUT2D eigenvalue weighted by Gasteiger charge is -2.34. The number of aromatic nitrogens is 4. The van der Waals surface area contributed by atoms with Gasteiger partial charge in [-0.15, -0.1) is 0 Å². The maximum Gasteiger partial charge on any atom is 0.166 e. The number of benzene rings is 10. The van der Waals surface area contributed by atoms with E-state index in [1.165, 1.54) is 44.3 Å². The number of para-hydroxylation sites is 2. The van der Waals surface area contributed by atoms with Gasteiger partial charge in [-0.05, 0) is 91.7 Å². The van der Waals surface area contributed by atoms with E-state index in [-0.39, 0.29) is 0 Å². The summed E-state index contributed by atoms with van der Waals surface area (Å²) in [5.74, 6) is 1.86. The Kier molecular flexibility index (Phi) is 8.72. The molecule has 0 N–H and O–H groups in total. The van der Waals surface area contributed by atoms with Crippen molar-refractivity contribution in [2.45, 2.75) is 5.41 Å². The molecule has 0 fully saturated rings. The van der Waals surface area contributed by atoms with Crippen LogP contribution in [0.3, 0.4) is 0 Å². The van der Waals surface area contributed by atoms with Gasteiger partial charge < -0.3 is 4.57 Å². The van der Waals surface area contributed by atoms with Gasteiger partial charge in [-0.3, -0.25) is 0 Å². The highest BCUT2D eigenvalue weighted by molar-refractivity contribution is 6.20. The van der Waals surface area contributed by atoms with Crippen LogP contribution >= 0.6 is 0 Å². The lowest BCUT2D eigenvalue weighted by Crippen LogP contribution is -2.28. The first-order chi connectivity index (χ1) is 32.7. The molecule has 0 amide bonds. The van der Waals surface area contributed by atoms with Crippen molar-refractivity contribution >= 4 is 32.6 Å². The Labute approximate surface area is 382 Å². The van der Waals surface area contributed by atoms with Gasteiger partial charge in [0.15, 0.2) is 17.5 Å². The first kappa shape index (κ1) is 37.8. The van der Waals surface area contributed by atoms with E-state index >= 15 is 0 Å². The highest BCUT2D eigenvalue weighted by Gasteiger charge is 2.46. The Bertz CT molecular complexity index is 3750. The fourth-order valence-electron chi connectivity index (χ4n) is 10.6. The van der Waals surface area contributed by atoms with Gasteiger partial charge in [0.2, 0.25) is 0 Å². The van der Waals surface area contributed by atoms with Crippen molar-refractivity contribution < 1.29 is 0 Å². The Balaban J connectivity index is 1.10. The van der Waals surface area contributed by atoms with Gasteiger partial charge >= 0.3 is 0 Å². The molecule has 1 aliphatic rings. The minimum absolute atomic E-state index is 0.574. The van der Waals surface area contributed by atoms with Crippen molar-refractivity contribution in [2.24, 2.45) is 0 Å². The van der Waals surface area contributed by atoms with Gasteiger partial charge in [0, 0.05) is 27.6 Å². The Morgan fingerprint density at radius 2 is 0.879 bits per heavy atom. The van der Waals surface area contributed by atoms with Crippen LogP contribution in [0.5, 0.6) is 0 Å². The van der Waals surface area contributed by atoms with Crippen LogP contribution in [0.25, 0.3) is 94.7 Å². The zero-order valence-electron chi connectivity index (χ0n) is 35.9. The predicted octanol–water partition coefficient (Wildman–Crippen LogP) is 15.2. The van der Waals surface area contributed by atoms with Crippen LogP contribution in [-0.4, -0.2) is 19.5 Å². The SMILES string of the molecule is c1ccc(-c2ccc3c(c2)C(c2ccccc2)(c2ccccc2)c2ccc(-c4nc(-c5ccccc5)nc(-c5c6ccccc6cc6c7ccccc7n(-c7ccccc7)c56)n4)cc2-3)cc1. The fraction of sp³-hybridized carbons (Fsp3) is 0.0161. The molecule has 4 heteroatoms. The van der Waals surface area contributed by atoms with Crippen molar-refractivity contribution in [3.63, 3.8) is 0 Å². The van der Waals surface area contributed by atoms with Crippen molar-refractivity contribution in [3.05, 3.63) is 265 Å². The van der Waals surface area contributed by atoms with Crippen molar-refractivity contribution in [2.75, 3.05) is 0 Å². The summed E-state index contributed by atoms with van der Waals surface area (Å²) in [4.78, 5) is 16.3. The molecule has 0 saturated heterocycles. The largest absolute Gasteiger partial charge is 0.308 e. The molecule has 12 aromatic rings. The first-order valence-electron chi connectivity index (χ1n) is 22.5. The summed E-state index contributed by atoms with van der Waals surface area (Å²) >= 11 is 0. The molecule has 308 valence electrons. The lowest BCUT2D eigenvalue weighted by molar-refractivity contribution is 0.769.